The second-order valence-corrected chi connectivity index (χ2v) is 8.81. The van der Waals surface area contributed by atoms with Crippen molar-refractivity contribution in [1.82, 2.24) is 13.9 Å². The molecule has 3 aromatic heterocycles. The molecule has 5 nitrogen and oxygen atoms in total. The molecule has 0 saturated carbocycles. The lowest BCUT2D eigenvalue weighted by Crippen LogP contribution is -2.21. The highest BCUT2D eigenvalue weighted by molar-refractivity contribution is 7.14. The van der Waals surface area contributed by atoms with E-state index >= 15 is 0 Å². The summed E-state index contributed by atoms with van der Waals surface area (Å²) in [6.07, 6.45) is 0.990. The largest absolute Gasteiger partial charge is 0.313 e. The van der Waals surface area contributed by atoms with Gasteiger partial charge in [0.15, 0.2) is 10.5 Å². The van der Waals surface area contributed by atoms with Crippen molar-refractivity contribution in [3.8, 4) is 16.3 Å². The van der Waals surface area contributed by atoms with Crippen molar-refractivity contribution in [3.05, 3.63) is 74.1 Å². The van der Waals surface area contributed by atoms with E-state index in [1.807, 2.05) is 49.0 Å². The Hall–Kier alpha value is -2.64. The number of thiazole rings is 1. The number of hydrogen-bond acceptors (Lipinski definition) is 4. The van der Waals surface area contributed by atoms with Gasteiger partial charge < -0.3 is 4.57 Å². The molecular weight excluding hydrogens is 400 g/mol. The van der Waals surface area contributed by atoms with E-state index in [1.165, 1.54) is 4.88 Å². The van der Waals surface area contributed by atoms with E-state index in [9.17, 15) is 4.79 Å². The van der Waals surface area contributed by atoms with Crippen molar-refractivity contribution in [2.75, 3.05) is 0 Å². The van der Waals surface area contributed by atoms with Crippen LogP contribution >= 0.6 is 22.7 Å². The lowest BCUT2D eigenvalue weighted by atomic mass is 10.2. The lowest BCUT2D eigenvalue weighted by Gasteiger charge is -2.14. The van der Waals surface area contributed by atoms with Crippen LogP contribution in [0.4, 0.5) is 5.69 Å². The third-order valence-electron chi connectivity index (χ3n) is 5.28. The highest BCUT2D eigenvalue weighted by Crippen LogP contribution is 2.28. The molecule has 150 valence electrons. The van der Waals surface area contributed by atoms with E-state index in [2.05, 4.69) is 41.3 Å². The minimum absolute atomic E-state index is 0.0991. The molecule has 1 unspecified atom stereocenters. The molecule has 4 aromatic rings. The van der Waals surface area contributed by atoms with Crippen molar-refractivity contribution in [2.24, 2.45) is 12.0 Å². The average Bonchev–Trinajstić information content (AvgIpc) is 3.45. The molecule has 29 heavy (non-hydrogen) atoms. The SMILES string of the molecule is CCC(C)n1c(-c2cccs2)csc1=Nc1c(C)n(C)n(-c2ccccc2)c1=O. The van der Waals surface area contributed by atoms with Crippen molar-refractivity contribution in [1.29, 1.82) is 0 Å². The number of benzene rings is 1. The van der Waals surface area contributed by atoms with E-state index in [0.717, 1.165) is 28.3 Å². The van der Waals surface area contributed by atoms with E-state index in [1.54, 1.807) is 27.4 Å². The van der Waals surface area contributed by atoms with Gasteiger partial charge in [-0.05, 0) is 43.8 Å². The molecule has 7 heteroatoms. The van der Waals surface area contributed by atoms with E-state index in [-0.39, 0.29) is 11.6 Å². The van der Waals surface area contributed by atoms with Crippen LogP contribution in [0.3, 0.4) is 0 Å². The topological polar surface area (TPSA) is 44.2 Å². The van der Waals surface area contributed by atoms with Gasteiger partial charge in [0.05, 0.1) is 22.0 Å². The Balaban J connectivity index is 1.94. The van der Waals surface area contributed by atoms with Crippen molar-refractivity contribution < 1.29 is 0 Å². The fraction of sp³-hybridized carbons (Fsp3) is 0.273. The summed E-state index contributed by atoms with van der Waals surface area (Å²) in [6.45, 7) is 6.32. The highest BCUT2D eigenvalue weighted by Gasteiger charge is 2.18. The van der Waals surface area contributed by atoms with Crippen LogP contribution in [0.1, 0.15) is 32.0 Å². The summed E-state index contributed by atoms with van der Waals surface area (Å²) in [5.41, 5.74) is 3.24. The van der Waals surface area contributed by atoms with Crippen LogP contribution < -0.4 is 10.4 Å². The summed E-state index contributed by atoms with van der Waals surface area (Å²) in [5.74, 6) is 0. The summed E-state index contributed by atoms with van der Waals surface area (Å²) in [7, 11) is 1.90. The molecule has 0 amide bonds. The molecule has 4 rings (SSSR count). The molecule has 0 aliphatic rings. The number of thiophene rings is 1. The quantitative estimate of drug-likeness (QED) is 0.430. The van der Waals surface area contributed by atoms with Crippen LogP contribution in [-0.2, 0) is 7.05 Å². The molecule has 3 heterocycles. The predicted molar refractivity (Wildman–Crippen MR) is 122 cm³/mol. The van der Waals surface area contributed by atoms with Crippen molar-refractivity contribution in [3.63, 3.8) is 0 Å². The smallest absolute Gasteiger partial charge is 0.297 e. The van der Waals surface area contributed by atoms with Gasteiger partial charge in [0, 0.05) is 18.5 Å². The molecule has 1 atom stereocenters. The molecule has 0 radical (unpaired) electrons. The zero-order valence-electron chi connectivity index (χ0n) is 17.0. The third kappa shape index (κ3) is 3.45. The van der Waals surface area contributed by atoms with Crippen LogP contribution in [-0.4, -0.2) is 13.9 Å². The van der Waals surface area contributed by atoms with Gasteiger partial charge in [-0.2, -0.15) is 0 Å². The van der Waals surface area contributed by atoms with Gasteiger partial charge in [-0.3, -0.25) is 9.48 Å². The first-order valence-corrected chi connectivity index (χ1v) is 11.4. The molecule has 0 bridgehead atoms. The summed E-state index contributed by atoms with van der Waals surface area (Å²) < 4.78 is 5.81. The second kappa shape index (κ2) is 8.00. The molecule has 0 N–H and O–H groups in total. The fourth-order valence-corrected chi connectivity index (χ4v) is 5.20. The fourth-order valence-electron chi connectivity index (χ4n) is 3.39. The minimum atomic E-state index is -0.0991. The van der Waals surface area contributed by atoms with Crippen molar-refractivity contribution >= 4 is 28.4 Å². The maximum Gasteiger partial charge on any atom is 0.297 e. The van der Waals surface area contributed by atoms with Crippen LogP contribution in [0.15, 0.2) is 63.0 Å². The van der Waals surface area contributed by atoms with Gasteiger partial charge in [-0.1, -0.05) is 31.2 Å². The third-order valence-corrected chi connectivity index (χ3v) is 7.01. The molecule has 0 spiro atoms. The molecule has 1 aromatic carbocycles. The van der Waals surface area contributed by atoms with Crippen LogP contribution in [0.5, 0.6) is 0 Å². The number of hydrogen-bond donors (Lipinski definition) is 0. The lowest BCUT2D eigenvalue weighted by molar-refractivity contribution is 0.524. The molecule has 0 aliphatic carbocycles. The summed E-state index contributed by atoms with van der Waals surface area (Å²) >= 11 is 3.31. The predicted octanol–water partition coefficient (Wildman–Crippen LogP) is 5.28. The Morgan fingerprint density at radius 2 is 1.86 bits per heavy atom. The average molecular weight is 425 g/mol. The number of para-hydroxylation sites is 1. The van der Waals surface area contributed by atoms with Gasteiger partial charge >= 0.3 is 0 Å². The molecule has 0 aliphatic heterocycles. The maximum absolute atomic E-state index is 13.2. The highest BCUT2D eigenvalue weighted by atomic mass is 32.1. The normalized spacial score (nSPS) is 13.2. The molecule has 0 fully saturated rings. The van der Waals surface area contributed by atoms with E-state index < -0.39 is 0 Å². The van der Waals surface area contributed by atoms with Crippen molar-refractivity contribution in [2.45, 2.75) is 33.2 Å². The monoisotopic (exact) mass is 424 g/mol. The van der Waals surface area contributed by atoms with Crippen LogP contribution in [0.25, 0.3) is 16.3 Å². The zero-order chi connectivity index (χ0) is 20.5. The number of rotatable bonds is 5. The van der Waals surface area contributed by atoms with E-state index in [4.69, 9.17) is 4.99 Å². The first-order valence-electron chi connectivity index (χ1n) is 9.65. The second-order valence-electron chi connectivity index (χ2n) is 7.03. The van der Waals surface area contributed by atoms with Gasteiger partial charge in [0.1, 0.15) is 0 Å². The van der Waals surface area contributed by atoms with Crippen LogP contribution in [0.2, 0.25) is 0 Å². The first-order chi connectivity index (χ1) is 14.0. The Morgan fingerprint density at radius 1 is 1.10 bits per heavy atom. The number of aromatic nitrogens is 3. The Morgan fingerprint density at radius 3 is 2.52 bits per heavy atom. The van der Waals surface area contributed by atoms with Gasteiger partial charge in [-0.25, -0.2) is 9.67 Å². The maximum atomic E-state index is 13.2. The number of nitrogens with zero attached hydrogens (tertiary/aromatic N) is 4. The summed E-state index contributed by atoms with van der Waals surface area (Å²) in [5, 5.41) is 4.23. The van der Waals surface area contributed by atoms with Gasteiger partial charge in [0.25, 0.3) is 5.56 Å². The molecular formula is C22H24N4OS2. The van der Waals surface area contributed by atoms with E-state index in [0.29, 0.717) is 5.69 Å². The zero-order valence-corrected chi connectivity index (χ0v) is 18.6. The van der Waals surface area contributed by atoms with Gasteiger partial charge in [-0.15, -0.1) is 22.7 Å². The Labute approximate surface area is 177 Å². The Bertz CT molecular complexity index is 1240. The standard InChI is InChI=1S/C22H24N4OS2/c1-5-15(2)25-18(19-12-9-13-28-19)14-29-22(25)23-20-16(3)24(4)26(21(20)27)17-10-7-6-8-11-17/h6-15H,5H2,1-4H3. The first kappa shape index (κ1) is 19.7. The van der Waals surface area contributed by atoms with Crippen LogP contribution in [0, 0.1) is 6.92 Å². The Kier molecular flexibility index (Phi) is 5.43. The summed E-state index contributed by atoms with van der Waals surface area (Å²) in [6, 6.07) is 14.2. The minimum Gasteiger partial charge on any atom is -0.313 e. The summed E-state index contributed by atoms with van der Waals surface area (Å²) in [4.78, 5) is 20.2. The molecule has 0 saturated heterocycles. The van der Waals surface area contributed by atoms with Gasteiger partial charge in [0.2, 0.25) is 0 Å².